The molecular weight excluding hydrogens is 978 g/mol. The summed E-state index contributed by atoms with van der Waals surface area (Å²) in [5.41, 5.74) is 3.23. The van der Waals surface area contributed by atoms with Crippen LogP contribution in [0.5, 0.6) is 5.75 Å². The van der Waals surface area contributed by atoms with Crippen LogP contribution in [0.25, 0.3) is 10.4 Å². The number of imide groups is 2. The Labute approximate surface area is 418 Å². The van der Waals surface area contributed by atoms with Crippen LogP contribution in [0.4, 0.5) is 17.1 Å². The van der Waals surface area contributed by atoms with Crippen LogP contribution in [0.3, 0.4) is 0 Å². The number of sulfonamides is 1. The number of hydrogen-bond donors (Lipinski definition) is 6. The first-order valence-corrected chi connectivity index (χ1v) is 25.7. The number of anilines is 3. The van der Waals surface area contributed by atoms with Gasteiger partial charge in [-0.2, -0.15) is 4.31 Å². The monoisotopic (exact) mass is 1030 g/mol. The van der Waals surface area contributed by atoms with Gasteiger partial charge in [-0.25, -0.2) is 18.0 Å². The van der Waals surface area contributed by atoms with Crippen molar-refractivity contribution in [1.82, 2.24) is 19.4 Å². The average molecular weight is 1030 g/mol. The van der Waals surface area contributed by atoms with E-state index in [0.717, 1.165) is 21.9 Å². The van der Waals surface area contributed by atoms with Crippen molar-refractivity contribution in [1.29, 1.82) is 0 Å². The minimum Gasteiger partial charge on any atom is -0.479 e. The van der Waals surface area contributed by atoms with E-state index in [1.807, 2.05) is 19.9 Å². The minimum absolute atomic E-state index is 0.00791. The van der Waals surface area contributed by atoms with Gasteiger partial charge in [0.1, 0.15) is 11.1 Å². The maximum Gasteiger partial charge on any atom is 0.349 e. The number of aliphatic carboxylic acids is 1. The third kappa shape index (κ3) is 11.1. The lowest BCUT2D eigenvalue weighted by molar-refractivity contribution is -0.139. The van der Waals surface area contributed by atoms with Gasteiger partial charge in [-0.3, -0.25) is 34.2 Å². The first kappa shape index (κ1) is 50.6. The normalized spacial score (nSPS) is 19.5. The number of aromatic carboxylic acids is 1. The molecule has 3 aromatic carbocycles. The molecule has 3 fully saturated rings. The molecule has 8 rings (SSSR count). The van der Waals surface area contributed by atoms with Gasteiger partial charge < -0.3 is 35.8 Å². The number of fused-ring (bicyclic) bond motifs is 1. The molecule has 3 saturated heterocycles. The molecule has 0 saturated carbocycles. The van der Waals surface area contributed by atoms with Crippen molar-refractivity contribution < 1.29 is 56.9 Å². The quantitative estimate of drug-likeness (QED) is 0.0654. The molecule has 0 bridgehead atoms. The number of carbonyl (C=O) groups excluding carboxylic acids is 5. The van der Waals surface area contributed by atoms with Gasteiger partial charge in [0.25, 0.3) is 11.8 Å². The van der Waals surface area contributed by atoms with Crippen LogP contribution in [-0.2, 0) is 35.0 Å². The Morgan fingerprint density at radius 1 is 0.901 bits per heavy atom. The largest absolute Gasteiger partial charge is 0.479 e. The number of amides is 5. The van der Waals surface area contributed by atoms with E-state index < -0.39 is 63.8 Å². The first-order chi connectivity index (χ1) is 33.7. The molecule has 2 atom stereocenters. The van der Waals surface area contributed by atoms with E-state index in [1.54, 1.807) is 54.6 Å². The van der Waals surface area contributed by atoms with Gasteiger partial charge in [0, 0.05) is 66.3 Å². The number of thiophene rings is 1. The summed E-state index contributed by atoms with van der Waals surface area (Å²) >= 11 is 7.39. The molecule has 0 aliphatic carbocycles. The molecular formula is C49H52ClN7O12S2. The van der Waals surface area contributed by atoms with Crippen LogP contribution in [-0.4, -0.2) is 125 Å². The van der Waals surface area contributed by atoms with Gasteiger partial charge in [0.05, 0.1) is 28.3 Å². The second kappa shape index (κ2) is 20.5. The van der Waals surface area contributed by atoms with Crippen molar-refractivity contribution in [2.75, 3.05) is 48.7 Å². The van der Waals surface area contributed by atoms with Gasteiger partial charge in [-0.15, -0.1) is 11.3 Å². The summed E-state index contributed by atoms with van der Waals surface area (Å²) < 4.78 is 34.8. The molecule has 6 N–H and O–H groups in total. The van der Waals surface area contributed by atoms with Gasteiger partial charge in [-0.1, -0.05) is 42.4 Å². The Morgan fingerprint density at radius 3 is 2.32 bits per heavy atom. The van der Waals surface area contributed by atoms with Crippen LogP contribution in [0, 0.1) is 5.92 Å². The molecule has 374 valence electrons. The third-order valence-corrected chi connectivity index (χ3v) is 16.8. The lowest BCUT2D eigenvalue weighted by atomic mass is 9.89. The molecule has 71 heavy (non-hydrogen) atoms. The van der Waals surface area contributed by atoms with Crippen molar-refractivity contribution in [2.24, 2.45) is 5.92 Å². The highest BCUT2D eigenvalue weighted by Gasteiger charge is 2.45. The van der Waals surface area contributed by atoms with Crippen molar-refractivity contribution in [2.45, 2.75) is 75.7 Å². The zero-order valence-electron chi connectivity index (χ0n) is 38.8. The van der Waals surface area contributed by atoms with Gasteiger partial charge in [0.2, 0.25) is 27.7 Å². The Morgan fingerprint density at radius 2 is 1.62 bits per heavy atom. The number of piperidine rings is 3. The summed E-state index contributed by atoms with van der Waals surface area (Å²) in [5, 5.41) is 30.7. The van der Waals surface area contributed by atoms with Crippen LogP contribution >= 0.6 is 22.9 Å². The second-order valence-corrected chi connectivity index (χ2v) is 21.8. The number of hydrogen-bond acceptors (Lipinski definition) is 14. The van der Waals surface area contributed by atoms with Crippen molar-refractivity contribution in [3.05, 3.63) is 106 Å². The Balaban J connectivity index is 0.806. The lowest BCUT2D eigenvalue weighted by Crippen LogP contribution is -2.55. The number of rotatable bonds is 17. The third-order valence-electron chi connectivity index (χ3n) is 13.1. The number of benzene rings is 3. The predicted molar refractivity (Wildman–Crippen MR) is 265 cm³/mol. The summed E-state index contributed by atoms with van der Waals surface area (Å²) in [7, 11) is -3.82. The maximum absolute atomic E-state index is 14.0. The van der Waals surface area contributed by atoms with E-state index in [4.69, 9.17) is 21.4 Å². The molecule has 5 heterocycles. The van der Waals surface area contributed by atoms with Crippen LogP contribution in [0.1, 0.15) is 88.3 Å². The van der Waals surface area contributed by atoms with E-state index in [9.17, 15) is 47.1 Å². The van der Waals surface area contributed by atoms with E-state index >= 15 is 0 Å². The highest BCUT2D eigenvalue weighted by Crippen LogP contribution is 2.46. The number of nitrogens with one attached hydrogen (secondary N) is 4. The lowest BCUT2D eigenvalue weighted by Gasteiger charge is -2.45. The standard InChI is InChI=1S/C49H52ClN7O12S2/c1-27(24-51-31-10-11-35-36(22-31)47(64)57(46(35)63)37-12-13-38(58)54-45(37)62)55-17-14-29(15-18-55)44(61)53-32-8-4-6-28(20-32)26-71(67,68)56-19-16-34(23-49(56,2)3)52-33-9-5-7-30(21-33)42-40(50)41(69-25-39(59)60)43(70-42)48(65)66/h4-11,20-22,29,34,37,51-52H,1,12-19,23-26H2,2-3H3,(H,53,61)(H,59,60)(H,65,66)(H,54,58,62)/t34-,37?/m0/s1. The van der Waals surface area contributed by atoms with Crippen LogP contribution in [0.15, 0.2) is 79.0 Å². The fourth-order valence-corrected chi connectivity index (χ4v) is 13.0. The number of nitrogens with zero attached hydrogens (tertiary/aromatic N) is 3. The fraction of sp³-hybridized carbons (Fsp3) is 0.367. The molecule has 5 amide bonds. The number of likely N-dealkylation sites (tertiary alicyclic amines) is 1. The Hall–Kier alpha value is -6.81. The molecule has 4 aliphatic heterocycles. The number of halogens is 1. The smallest absolute Gasteiger partial charge is 0.349 e. The van der Waals surface area contributed by atoms with Crippen molar-refractivity contribution in [3.8, 4) is 16.2 Å². The van der Waals surface area contributed by atoms with E-state index in [0.29, 0.717) is 78.4 Å². The zero-order chi connectivity index (χ0) is 50.9. The van der Waals surface area contributed by atoms with Gasteiger partial charge in [0.15, 0.2) is 17.2 Å². The molecule has 22 heteroatoms. The summed E-state index contributed by atoms with van der Waals surface area (Å²) in [5.74, 6) is -5.82. The molecule has 4 aliphatic rings. The van der Waals surface area contributed by atoms with Gasteiger partial charge >= 0.3 is 11.9 Å². The molecule has 4 aromatic rings. The number of ether oxygens (including phenoxy) is 1. The summed E-state index contributed by atoms with van der Waals surface area (Å²) in [6.45, 7) is 8.93. The highest BCUT2D eigenvalue weighted by atomic mass is 35.5. The highest BCUT2D eigenvalue weighted by molar-refractivity contribution is 7.88. The second-order valence-electron chi connectivity index (χ2n) is 18.5. The number of carboxylic acid groups (broad SMARTS) is 2. The molecule has 19 nitrogen and oxygen atoms in total. The fourth-order valence-electron chi connectivity index (χ4n) is 9.62. The maximum atomic E-state index is 14.0. The van der Waals surface area contributed by atoms with E-state index in [1.165, 1.54) is 10.4 Å². The zero-order valence-corrected chi connectivity index (χ0v) is 41.2. The molecule has 0 radical (unpaired) electrons. The average Bonchev–Trinajstić information content (AvgIpc) is 3.78. The number of carbonyl (C=O) groups is 7. The van der Waals surface area contributed by atoms with Crippen LogP contribution in [0.2, 0.25) is 5.02 Å². The summed E-state index contributed by atoms with van der Waals surface area (Å²) in [6.07, 6.45) is 2.18. The number of carboxylic acids is 2. The van der Waals surface area contributed by atoms with E-state index in [2.05, 4.69) is 32.7 Å². The van der Waals surface area contributed by atoms with Crippen LogP contribution < -0.4 is 26.0 Å². The molecule has 1 unspecified atom stereocenters. The molecule has 1 aromatic heterocycles. The summed E-state index contributed by atoms with van der Waals surface area (Å²) in [4.78, 5) is 90.1. The predicted octanol–water partition coefficient (Wildman–Crippen LogP) is 6.09. The van der Waals surface area contributed by atoms with E-state index in [-0.39, 0.29) is 69.8 Å². The summed E-state index contributed by atoms with van der Waals surface area (Å²) in [6, 6.07) is 17.6. The van der Waals surface area contributed by atoms with Crippen molar-refractivity contribution in [3.63, 3.8) is 0 Å². The minimum atomic E-state index is -3.82. The molecule has 0 spiro atoms. The topological polar surface area (TPSA) is 261 Å². The SMILES string of the molecule is C=C(CNc1ccc2c(c1)C(=O)N(C1CCC(=O)NC1=O)C2=O)N1CCC(C(=O)Nc2cccc(CS(=O)(=O)N3CC[C@H](Nc4cccc(-c5sc(C(=O)O)c(OCC(=O)O)c5Cl)c4)CC3(C)C)c2)CC1. The first-order valence-electron chi connectivity index (χ1n) is 22.9. The van der Waals surface area contributed by atoms with Crippen molar-refractivity contribution >= 4 is 91.5 Å². The Kier molecular flexibility index (Phi) is 14.6. The van der Waals surface area contributed by atoms with Gasteiger partial charge in [-0.05, 0) is 99.5 Å². The Bertz CT molecular complexity index is 2970.